The first-order chi connectivity index (χ1) is 8.75. The van der Waals surface area contributed by atoms with Gasteiger partial charge in [0.2, 0.25) is 5.82 Å². The molecule has 0 spiro atoms. The molecule has 1 saturated heterocycles. The lowest BCUT2D eigenvalue weighted by molar-refractivity contribution is -0.389. The summed E-state index contributed by atoms with van der Waals surface area (Å²) in [5.41, 5.74) is 0. The number of anilines is 1. The quantitative estimate of drug-likeness (QED) is 0.679. The van der Waals surface area contributed by atoms with Gasteiger partial charge in [-0.3, -0.25) is 0 Å². The molecule has 3 heterocycles. The highest BCUT2D eigenvalue weighted by Gasteiger charge is 2.26. The average Bonchev–Trinajstić information content (AvgIpc) is 2.89. The molecule has 1 aliphatic heterocycles. The van der Waals surface area contributed by atoms with Crippen molar-refractivity contribution in [2.24, 2.45) is 0 Å². The first-order valence-corrected chi connectivity index (χ1v) is 6.58. The number of fused-ring (bicyclic) bond motifs is 1. The van der Waals surface area contributed by atoms with Gasteiger partial charge in [0, 0.05) is 12.0 Å². The Morgan fingerprint density at radius 3 is 3.28 bits per heavy atom. The minimum absolute atomic E-state index is 0.00294. The maximum Gasteiger partial charge on any atom is 0.372 e. The van der Waals surface area contributed by atoms with Crippen molar-refractivity contribution in [1.82, 2.24) is 9.38 Å². The van der Waals surface area contributed by atoms with Crippen molar-refractivity contribution in [2.75, 3.05) is 18.5 Å². The van der Waals surface area contributed by atoms with Crippen LogP contribution in [0.5, 0.6) is 0 Å². The molecule has 1 unspecified atom stereocenters. The van der Waals surface area contributed by atoms with E-state index in [4.69, 9.17) is 4.74 Å². The number of imidazole rings is 1. The minimum atomic E-state index is -0.404. The fraction of sp³-hybridized carbons (Fsp3) is 0.500. The number of rotatable bonds is 3. The standard InChI is InChI=1S/C10H12N4O3S/c15-14(16)9-8(11-7-2-1-4-17-6-7)12-10-13(9)3-5-18-10/h3,5,7,11H,1-2,4,6H2. The number of nitrogens with one attached hydrogen (secondary N) is 1. The van der Waals surface area contributed by atoms with Crippen LogP contribution in [0, 0.1) is 10.1 Å². The number of hydrogen-bond donors (Lipinski definition) is 1. The molecule has 18 heavy (non-hydrogen) atoms. The van der Waals surface area contributed by atoms with Gasteiger partial charge in [0.25, 0.3) is 4.96 Å². The summed E-state index contributed by atoms with van der Waals surface area (Å²) in [6, 6.07) is 0.0991. The van der Waals surface area contributed by atoms with Gasteiger partial charge in [0.1, 0.15) is 6.20 Å². The van der Waals surface area contributed by atoms with Crippen molar-refractivity contribution >= 4 is 27.9 Å². The molecule has 1 aliphatic rings. The zero-order valence-corrected chi connectivity index (χ0v) is 10.4. The summed E-state index contributed by atoms with van der Waals surface area (Å²) >= 11 is 1.38. The highest BCUT2D eigenvalue weighted by Crippen LogP contribution is 2.29. The van der Waals surface area contributed by atoms with E-state index in [-0.39, 0.29) is 11.9 Å². The van der Waals surface area contributed by atoms with E-state index in [1.807, 2.05) is 0 Å². The van der Waals surface area contributed by atoms with Crippen LogP contribution < -0.4 is 5.32 Å². The molecule has 7 nitrogen and oxygen atoms in total. The molecule has 8 heteroatoms. The van der Waals surface area contributed by atoms with Crippen molar-refractivity contribution in [3.63, 3.8) is 0 Å². The molecule has 0 saturated carbocycles. The number of nitrogens with zero attached hydrogens (tertiary/aromatic N) is 3. The summed E-state index contributed by atoms with van der Waals surface area (Å²) in [6.07, 6.45) is 3.57. The largest absolute Gasteiger partial charge is 0.379 e. The van der Waals surface area contributed by atoms with E-state index in [0.29, 0.717) is 17.4 Å². The second-order valence-corrected chi connectivity index (χ2v) is 5.03. The molecule has 0 aromatic carbocycles. The van der Waals surface area contributed by atoms with Gasteiger partial charge in [0.05, 0.1) is 12.6 Å². The van der Waals surface area contributed by atoms with Crippen LogP contribution in [0.3, 0.4) is 0 Å². The van der Waals surface area contributed by atoms with Gasteiger partial charge < -0.3 is 20.2 Å². The predicted molar refractivity (Wildman–Crippen MR) is 67.2 cm³/mol. The first-order valence-electron chi connectivity index (χ1n) is 5.70. The first kappa shape index (κ1) is 11.4. The lowest BCUT2D eigenvalue weighted by Gasteiger charge is -2.22. The fourth-order valence-electron chi connectivity index (χ4n) is 2.09. The van der Waals surface area contributed by atoms with Crippen LogP contribution in [0.15, 0.2) is 11.6 Å². The fourth-order valence-corrected chi connectivity index (χ4v) is 2.80. The van der Waals surface area contributed by atoms with E-state index < -0.39 is 4.92 Å². The van der Waals surface area contributed by atoms with Crippen LogP contribution in [0.2, 0.25) is 0 Å². The summed E-state index contributed by atoms with van der Waals surface area (Å²) in [5.74, 6) is 0.333. The van der Waals surface area contributed by atoms with E-state index in [0.717, 1.165) is 19.4 Å². The zero-order chi connectivity index (χ0) is 12.5. The maximum atomic E-state index is 11.1. The van der Waals surface area contributed by atoms with Gasteiger partial charge in [-0.15, -0.1) is 0 Å². The number of hydrogen-bond acceptors (Lipinski definition) is 6. The number of aromatic nitrogens is 2. The van der Waals surface area contributed by atoms with Gasteiger partial charge in [-0.1, -0.05) is 11.3 Å². The Kier molecular flexibility index (Phi) is 2.88. The second-order valence-electron chi connectivity index (χ2n) is 4.16. The summed E-state index contributed by atoms with van der Waals surface area (Å²) < 4.78 is 6.84. The van der Waals surface area contributed by atoms with E-state index in [2.05, 4.69) is 10.3 Å². The molecule has 2 aromatic heterocycles. The molecule has 1 fully saturated rings. The van der Waals surface area contributed by atoms with Crippen LogP contribution in [0.4, 0.5) is 11.6 Å². The Balaban J connectivity index is 1.92. The summed E-state index contributed by atoms with van der Waals surface area (Å²) in [4.78, 5) is 15.6. The van der Waals surface area contributed by atoms with Crippen molar-refractivity contribution in [2.45, 2.75) is 18.9 Å². The van der Waals surface area contributed by atoms with E-state index in [1.165, 1.54) is 15.7 Å². The molecule has 0 bridgehead atoms. The van der Waals surface area contributed by atoms with Crippen LogP contribution in [-0.2, 0) is 4.74 Å². The highest BCUT2D eigenvalue weighted by atomic mass is 32.1. The van der Waals surface area contributed by atoms with E-state index in [9.17, 15) is 10.1 Å². The third kappa shape index (κ3) is 1.93. The summed E-state index contributed by atoms with van der Waals surface area (Å²) in [5, 5.41) is 16.0. The third-order valence-electron chi connectivity index (χ3n) is 2.91. The maximum absolute atomic E-state index is 11.1. The topological polar surface area (TPSA) is 81.7 Å². The molecule has 0 radical (unpaired) electrons. The Morgan fingerprint density at radius 2 is 2.56 bits per heavy atom. The Morgan fingerprint density at radius 1 is 1.67 bits per heavy atom. The normalized spacial score (nSPS) is 20.1. The van der Waals surface area contributed by atoms with Crippen molar-refractivity contribution < 1.29 is 9.66 Å². The van der Waals surface area contributed by atoms with Crippen molar-refractivity contribution in [3.8, 4) is 0 Å². The Labute approximate surface area is 107 Å². The zero-order valence-electron chi connectivity index (χ0n) is 9.54. The molecular weight excluding hydrogens is 256 g/mol. The monoisotopic (exact) mass is 268 g/mol. The van der Waals surface area contributed by atoms with E-state index >= 15 is 0 Å². The molecule has 0 amide bonds. The van der Waals surface area contributed by atoms with Gasteiger partial charge in [0.15, 0.2) is 0 Å². The molecule has 1 N–H and O–H groups in total. The average molecular weight is 268 g/mol. The Bertz CT molecular complexity index is 573. The minimum Gasteiger partial charge on any atom is -0.379 e. The highest BCUT2D eigenvalue weighted by molar-refractivity contribution is 7.15. The molecule has 2 aromatic rings. The van der Waals surface area contributed by atoms with E-state index in [1.54, 1.807) is 11.6 Å². The molecule has 1 atom stereocenters. The Hall–Kier alpha value is -1.67. The second kappa shape index (κ2) is 4.54. The smallest absolute Gasteiger partial charge is 0.372 e. The van der Waals surface area contributed by atoms with Crippen LogP contribution in [0.25, 0.3) is 4.96 Å². The van der Waals surface area contributed by atoms with Crippen LogP contribution in [-0.4, -0.2) is 33.6 Å². The van der Waals surface area contributed by atoms with Crippen LogP contribution >= 0.6 is 11.3 Å². The van der Waals surface area contributed by atoms with Crippen LogP contribution in [0.1, 0.15) is 12.8 Å². The molecular formula is C10H12N4O3S. The number of nitro groups is 1. The van der Waals surface area contributed by atoms with Gasteiger partial charge in [-0.25, -0.2) is 0 Å². The SMILES string of the molecule is O=[N+]([O-])c1c(NC2CCCOC2)nc2sccn12. The molecule has 3 rings (SSSR count). The molecule has 96 valence electrons. The summed E-state index contributed by atoms with van der Waals surface area (Å²) in [6.45, 7) is 1.33. The molecule has 0 aliphatic carbocycles. The predicted octanol–water partition coefficient (Wildman–Crippen LogP) is 1.89. The van der Waals surface area contributed by atoms with Gasteiger partial charge in [-0.05, 0) is 17.8 Å². The third-order valence-corrected chi connectivity index (χ3v) is 3.67. The summed E-state index contributed by atoms with van der Waals surface area (Å²) in [7, 11) is 0. The lowest BCUT2D eigenvalue weighted by atomic mass is 10.1. The van der Waals surface area contributed by atoms with Gasteiger partial charge >= 0.3 is 5.82 Å². The number of ether oxygens (including phenoxy) is 1. The van der Waals surface area contributed by atoms with Gasteiger partial charge in [-0.2, -0.15) is 9.38 Å². The van der Waals surface area contributed by atoms with Crippen molar-refractivity contribution in [1.29, 1.82) is 0 Å². The number of thiazole rings is 1. The van der Waals surface area contributed by atoms with Crippen molar-refractivity contribution in [3.05, 3.63) is 21.7 Å². The lowest BCUT2D eigenvalue weighted by Crippen LogP contribution is -2.30.